The maximum atomic E-state index is 12.8. The van der Waals surface area contributed by atoms with Crippen LogP contribution in [0, 0.1) is 5.41 Å². The minimum Gasteiger partial charge on any atom is -0.482 e. The van der Waals surface area contributed by atoms with Gasteiger partial charge in [0.1, 0.15) is 17.7 Å². The summed E-state index contributed by atoms with van der Waals surface area (Å²) in [5, 5.41) is 13.4. The highest BCUT2D eigenvalue weighted by Crippen LogP contribution is 2.26. The number of fused-ring (bicyclic) bond motifs is 1. The lowest BCUT2D eigenvalue weighted by atomic mass is 9.85. The number of pyridine rings is 1. The highest BCUT2D eigenvalue weighted by atomic mass is 16.6. The van der Waals surface area contributed by atoms with E-state index in [9.17, 15) is 24.3 Å². The van der Waals surface area contributed by atoms with Gasteiger partial charge in [0.2, 0.25) is 5.91 Å². The zero-order valence-electron chi connectivity index (χ0n) is 22.0. The van der Waals surface area contributed by atoms with Gasteiger partial charge in [-0.2, -0.15) is 0 Å². The molecular weight excluding hydrogens is 466 g/mol. The summed E-state index contributed by atoms with van der Waals surface area (Å²) < 4.78 is 10.2. The number of rotatable bonds is 4. The summed E-state index contributed by atoms with van der Waals surface area (Å²) in [7, 11) is 1.53. The number of nitrogens with zero attached hydrogens (tertiary/aromatic N) is 1. The molecule has 1 saturated heterocycles. The lowest BCUT2D eigenvalue weighted by Gasteiger charge is -2.35. The smallest absolute Gasteiger partial charge is 0.408 e. The van der Waals surface area contributed by atoms with Gasteiger partial charge >= 0.3 is 12.1 Å². The molecule has 2 heterocycles. The minimum absolute atomic E-state index is 0.116. The Morgan fingerprint density at radius 2 is 1.78 bits per heavy atom. The molecule has 10 nitrogen and oxygen atoms in total. The number of hydrogen-bond donors (Lipinski definition) is 3. The molecule has 0 saturated carbocycles. The second-order valence-corrected chi connectivity index (χ2v) is 10.7. The first kappa shape index (κ1) is 28.7. The van der Waals surface area contributed by atoms with E-state index >= 15 is 0 Å². The van der Waals surface area contributed by atoms with E-state index in [1.165, 1.54) is 12.0 Å². The number of carbonyl (C=O) groups is 3. The Morgan fingerprint density at radius 1 is 1.14 bits per heavy atom. The van der Waals surface area contributed by atoms with Gasteiger partial charge in [-0.1, -0.05) is 39.0 Å². The summed E-state index contributed by atoms with van der Waals surface area (Å²) in [6.45, 7) is 11.1. The van der Waals surface area contributed by atoms with Crippen LogP contribution in [0.25, 0.3) is 10.8 Å². The molecule has 0 bridgehead atoms. The molecule has 0 aliphatic carbocycles. The van der Waals surface area contributed by atoms with Crippen molar-refractivity contribution in [1.82, 2.24) is 15.2 Å². The number of benzene rings is 1. The summed E-state index contributed by atoms with van der Waals surface area (Å²) in [6.07, 6.45) is 0.396. The van der Waals surface area contributed by atoms with E-state index in [0.717, 1.165) is 5.39 Å². The van der Waals surface area contributed by atoms with Crippen molar-refractivity contribution in [3.05, 3.63) is 40.7 Å². The number of aromatic amines is 1. The Hall–Kier alpha value is -3.56. The predicted molar refractivity (Wildman–Crippen MR) is 136 cm³/mol. The molecule has 2 atom stereocenters. The molecule has 1 aliphatic rings. The number of methoxy groups -OCH3 is 1. The van der Waals surface area contributed by atoms with Crippen LogP contribution in [0.3, 0.4) is 0 Å². The van der Waals surface area contributed by atoms with Crippen LogP contribution in [0.5, 0.6) is 5.88 Å². The third-order valence-electron chi connectivity index (χ3n) is 5.54. The quantitative estimate of drug-likeness (QED) is 0.580. The molecule has 1 aromatic carbocycles. The second-order valence-electron chi connectivity index (χ2n) is 10.7. The van der Waals surface area contributed by atoms with Crippen molar-refractivity contribution in [3.63, 3.8) is 0 Å². The molecule has 2 aromatic rings. The van der Waals surface area contributed by atoms with Crippen LogP contribution in [0.1, 0.15) is 54.4 Å². The first-order valence-corrected chi connectivity index (χ1v) is 11.8. The van der Waals surface area contributed by atoms with E-state index in [-0.39, 0.29) is 11.5 Å². The average Bonchev–Trinajstić information content (AvgIpc) is 3.26. The number of alkyl carbamates (subject to hydrolysis) is 1. The maximum absolute atomic E-state index is 12.8. The lowest BCUT2D eigenvalue weighted by Crippen LogP contribution is -2.57. The van der Waals surface area contributed by atoms with Gasteiger partial charge in [-0.05, 0) is 50.5 Å². The van der Waals surface area contributed by atoms with E-state index in [4.69, 9.17) is 9.47 Å². The van der Waals surface area contributed by atoms with Crippen molar-refractivity contribution in [2.24, 2.45) is 5.41 Å². The van der Waals surface area contributed by atoms with Crippen molar-refractivity contribution >= 4 is 28.7 Å². The van der Waals surface area contributed by atoms with Gasteiger partial charge in [-0.15, -0.1) is 0 Å². The molecule has 0 radical (unpaired) electrons. The fraction of sp³-hybridized carbons (Fsp3) is 0.538. The van der Waals surface area contributed by atoms with Crippen LogP contribution in [-0.4, -0.2) is 64.3 Å². The zero-order valence-corrected chi connectivity index (χ0v) is 22.0. The molecule has 1 aliphatic heterocycles. The standard InChI is InChI=1S/C16H28N2O5.C10H9NO2/c1-15(2,3)11(17-14(22)23-16(4,5)6)12(19)18-9-7-8-10(18)13(20)21;1-13-9-6-7-4-2-3-5-8(7)10(12)11-9/h10-11H,7-9H2,1-6H3,(H,17,22)(H,20,21);2-6H,1H3,(H,11,12)/t10-,11+;/m0./s1. The van der Waals surface area contributed by atoms with Gasteiger partial charge in [0.05, 0.1) is 7.11 Å². The normalized spacial score (nSPS) is 16.5. The Bertz CT molecular complexity index is 1140. The number of hydrogen-bond acceptors (Lipinski definition) is 6. The molecule has 2 amide bonds. The van der Waals surface area contributed by atoms with E-state index < -0.39 is 35.2 Å². The number of likely N-dealkylation sites (tertiary alicyclic amines) is 1. The molecular formula is C26H37N3O7. The maximum Gasteiger partial charge on any atom is 0.408 e. The minimum atomic E-state index is -1.01. The molecule has 1 aromatic heterocycles. The van der Waals surface area contributed by atoms with Crippen LogP contribution in [-0.2, 0) is 14.3 Å². The fourth-order valence-corrected chi connectivity index (χ4v) is 3.82. The third kappa shape index (κ3) is 7.73. The summed E-state index contributed by atoms with van der Waals surface area (Å²) in [4.78, 5) is 51.5. The summed E-state index contributed by atoms with van der Waals surface area (Å²) >= 11 is 0. The molecule has 198 valence electrons. The van der Waals surface area contributed by atoms with Crippen LogP contribution in [0.2, 0.25) is 0 Å². The van der Waals surface area contributed by atoms with Crippen LogP contribution >= 0.6 is 0 Å². The number of ether oxygens (including phenoxy) is 2. The van der Waals surface area contributed by atoms with Crippen molar-refractivity contribution in [3.8, 4) is 5.88 Å². The lowest BCUT2D eigenvalue weighted by molar-refractivity contribution is -0.150. The number of carboxylic acids is 1. The molecule has 10 heteroatoms. The highest BCUT2D eigenvalue weighted by Gasteiger charge is 2.42. The van der Waals surface area contributed by atoms with Crippen LogP contribution in [0.4, 0.5) is 4.79 Å². The molecule has 0 spiro atoms. The third-order valence-corrected chi connectivity index (χ3v) is 5.54. The van der Waals surface area contributed by atoms with Crippen LogP contribution in [0.15, 0.2) is 35.1 Å². The number of aliphatic carboxylic acids is 1. The molecule has 3 N–H and O–H groups in total. The zero-order chi connectivity index (χ0) is 27.3. The largest absolute Gasteiger partial charge is 0.482 e. The first-order valence-electron chi connectivity index (χ1n) is 11.8. The van der Waals surface area contributed by atoms with Gasteiger partial charge in [0.25, 0.3) is 5.56 Å². The summed E-state index contributed by atoms with van der Waals surface area (Å²) in [6, 6.07) is 7.52. The summed E-state index contributed by atoms with van der Waals surface area (Å²) in [5.74, 6) is -0.905. The van der Waals surface area contributed by atoms with Gasteiger partial charge in [0, 0.05) is 18.0 Å². The van der Waals surface area contributed by atoms with Crippen molar-refractivity contribution < 1.29 is 29.0 Å². The number of amides is 2. The Morgan fingerprint density at radius 3 is 2.33 bits per heavy atom. The van der Waals surface area contributed by atoms with Gasteiger partial charge in [-0.3, -0.25) is 14.6 Å². The SMILES string of the molecule is CC(C)(C)OC(=O)N[C@H](C(=O)N1CCC[C@H]1C(=O)O)C(C)(C)C.COc1cc2ccccc2c(=O)[nH]1. The van der Waals surface area contributed by atoms with E-state index in [0.29, 0.717) is 30.7 Å². The fourth-order valence-electron chi connectivity index (χ4n) is 3.82. The number of H-pyrrole nitrogens is 1. The topological polar surface area (TPSA) is 138 Å². The number of carboxylic acid groups (broad SMARTS) is 1. The summed E-state index contributed by atoms with van der Waals surface area (Å²) in [5.41, 5.74) is -1.36. The Labute approximate surface area is 211 Å². The molecule has 36 heavy (non-hydrogen) atoms. The van der Waals surface area contributed by atoms with Gasteiger partial charge in [-0.25, -0.2) is 9.59 Å². The van der Waals surface area contributed by atoms with E-state index in [1.807, 2.05) is 39.0 Å². The van der Waals surface area contributed by atoms with E-state index in [1.54, 1.807) is 32.9 Å². The Kier molecular flexibility index (Phi) is 9.12. The second kappa shape index (κ2) is 11.5. The highest BCUT2D eigenvalue weighted by molar-refractivity contribution is 5.90. The van der Waals surface area contributed by atoms with Crippen molar-refractivity contribution in [2.75, 3.05) is 13.7 Å². The molecule has 0 unspecified atom stereocenters. The predicted octanol–water partition coefficient (Wildman–Crippen LogP) is 3.54. The average molecular weight is 504 g/mol. The van der Waals surface area contributed by atoms with E-state index in [2.05, 4.69) is 10.3 Å². The van der Waals surface area contributed by atoms with Crippen LogP contribution < -0.4 is 15.6 Å². The molecule has 3 rings (SSSR count). The number of aromatic nitrogens is 1. The van der Waals surface area contributed by atoms with Gasteiger partial charge < -0.3 is 24.8 Å². The number of nitrogens with one attached hydrogen (secondary N) is 2. The number of carbonyl (C=O) groups excluding carboxylic acids is 2. The van der Waals surface area contributed by atoms with Crippen molar-refractivity contribution in [1.29, 1.82) is 0 Å². The Balaban J connectivity index is 0.000000293. The monoisotopic (exact) mass is 503 g/mol. The molecule has 1 fully saturated rings. The van der Waals surface area contributed by atoms with Crippen molar-refractivity contribution in [2.45, 2.75) is 72.1 Å². The van der Waals surface area contributed by atoms with Gasteiger partial charge in [0.15, 0.2) is 5.88 Å². The first-order chi connectivity index (χ1) is 16.6.